The van der Waals surface area contributed by atoms with Crippen LogP contribution in [0.4, 0.5) is 10.1 Å². The minimum Gasteiger partial charge on any atom is -0.495 e. The van der Waals surface area contributed by atoms with Crippen LogP contribution in [0.5, 0.6) is 5.75 Å². The highest BCUT2D eigenvalue weighted by Gasteiger charge is 2.19. The quantitative estimate of drug-likeness (QED) is 0.557. The SMILES string of the molecule is COc1ccc(C)cc1NC(=O)c1nn(-c2ccc(F)cc2)c2ccccc2c1=O. The van der Waals surface area contributed by atoms with Crippen LogP contribution in [0.3, 0.4) is 0 Å². The first-order chi connectivity index (χ1) is 14.5. The number of hydrogen-bond donors (Lipinski definition) is 1. The summed E-state index contributed by atoms with van der Waals surface area (Å²) >= 11 is 0. The van der Waals surface area contributed by atoms with E-state index in [0.717, 1.165) is 5.56 Å². The van der Waals surface area contributed by atoms with Crippen molar-refractivity contribution < 1.29 is 13.9 Å². The van der Waals surface area contributed by atoms with Crippen molar-refractivity contribution in [3.05, 3.63) is 94.0 Å². The van der Waals surface area contributed by atoms with Crippen LogP contribution in [0.1, 0.15) is 16.1 Å². The van der Waals surface area contributed by atoms with Crippen LogP contribution in [-0.4, -0.2) is 22.8 Å². The van der Waals surface area contributed by atoms with Crippen LogP contribution in [0.15, 0.2) is 71.5 Å². The summed E-state index contributed by atoms with van der Waals surface area (Å²) in [6, 6.07) is 17.8. The van der Waals surface area contributed by atoms with Crippen LogP contribution >= 0.6 is 0 Å². The molecule has 1 N–H and O–H groups in total. The number of ether oxygens (including phenoxy) is 1. The van der Waals surface area contributed by atoms with E-state index in [4.69, 9.17) is 4.74 Å². The van der Waals surface area contributed by atoms with Gasteiger partial charge in [-0.15, -0.1) is 0 Å². The van der Waals surface area contributed by atoms with E-state index >= 15 is 0 Å². The third kappa shape index (κ3) is 3.53. The summed E-state index contributed by atoms with van der Waals surface area (Å²) in [6.45, 7) is 1.88. The third-order valence-corrected chi connectivity index (χ3v) is 4.68. The van der Waals surface area contributed by atoms with E-state index in [9.17, 15) is 14.0 Å². The summed E-state index contributed by atoms with van der Waals surface area (Å²) in [5.41, 5.74) is 1.62. The molecule has 0 saturated heterocycles. The molecule has 0 fully saturated rings. The summed E-state index contributed by atoms with van der Waals surface area (Å²) in [5, 5.41) is 7.35. The number of carbonyl (C=O) groups is 1. The van der Waals surface area contributed by atoms with Crippen molar-refractivity contribution in [1.29, 1.82) is 0 Å². The van der Waals surface area contributed by atoms with Gasteiger partial charge in [-0.2, -0.15) is 5.10 Å². The van der Waals surface area contributed by atoms with Gasteiger partial charge in [-0.1, -0.05) is 18.2 Å². The monoisotopic (exact) mass is 403 g/mol. The lowest BCUT2D eigenvalue weighted by atomic mass is 10.1. The molecule has 1 aromatic heterocycles. The topological polar surface area (TPSA) is 73.2 Å². The molecule has 3 aromatic carbocycles. The molecule has 1 heterocycles. The van der Waals surface area contributed by atoms with Crippen molar-refractivity contribution in [2.45, 2.75) is 6.92 Å². The number of methoxy groups -OCH3 is 1. The Bertz CT molecular complexity index is 1310. The molecule has 30 heavy (non-hydrogen) atoms. The molecule has 4 rings (SSSR count). The van der Waals surface area contributed by atoms with E-state index in [1.165, 1.54) is 36.1 Å². The van der Waals surface area contributed by atoms with E-state index in [-0.39, 0.29) is 5.69 Å². The van der Waals surface area contributed by atoms with E-state index in [0.29, 0.717) is 28.0 Å². The minimum absolute atomic E-state index is 0.276. The zero-order valence-corrected chi connectivity index (χ0v) is 16.3. The van der Waals surface area contributed by atoms with Crippen LogP contribution in [0.2, 0.25) is 0 Å². The zero-order valence-electron chi connectivity index (χ0n) is 16.3. The molecule has 0 atom stereocenters. The number of fused-ring (bicyclic) bond motifs is 1. The predicted molar refractivity (Wildman–Crippen MR) is 113 cm³/mol. The number of benzene rings is 3. The van der Waals surface area contributed by atoms with Gasteiger partial charge in [0.25, 0.3) is 5.91 Å². The van der Waals surface area contributed by atoms with Crippen molar-refractivity contribution in [3.8, 4) is 11.4 Å². The van der Waals surface area contributed by atoms with Crippen LogP contribution in [-0.2, 0) is 0 Å². The number of nitrogens with zero attached hydrogens (tertiary/aromatic N) is 2. The first-order valence-electron chi connectivity index (χ1n) is 9.22. The number of nitrogens with one attached hydrogen (secondary N) is 1. The van der Waals surface area contributed by atoms with Gasteiger partial charge >= 0.3 is 0 Å². The molecule has 0 aliphatic heterocycles. The average Bonchev–Trinajstić information content (AvgIpc) is 2.75. The van der Waals surface area contributed by atoms with Gasteiger partial charge in [0.05, 0.1) is 29.4 Å². The Morgan fingerprint density at radius 2 is 1.80 bits per heavy atom. The van der Waals surface area contributed by atoms with E-state index in [2.05, 4.69) is 10.4 Å². The molecule has 0 unspecified atom stereocenters. The molecule has 6 nitrogen and oxygen atoms in total. The van der Waals surface area contributed by atoms with Crippen molar-refractivity contribution in [1.82, 2.24) is 9.78 Å². The van der Waals surface area contributed by atoms with Gasteiger partial charge in [-0.3, -0.25) is 9.59 Å². The second-order valence-electron chi connectivity index (χ2n) is 6.74. The molecule has 7 heteroatoms. The fraction of sp³-hybridized carbons (Fsp3) is 0.0870. The Morgan fingerprint density at radius 3 is 2.53 bits per heavy atom. The number of para-hydroxylation sites is 1. The Morgan fingerprint density at radius 1 is 1.07 bits per heavy atom. The number of anilines is 1. The Hall–Kier alpha value is -4.00. The number of aromatic nitrogens is 2. The standard InChI is InChI=1S/C23H18FN3O3/c1-14-7-12-20(30-2)18(13-14)25-23(29)21-22(28)17-5-3-4-6-19(17)27(26-21)16-10-8-15(24)9-11-16/h3-13H,1-2H3,(H,25,29). The third-order valence-electron chi connectivity index (χ3n) is 4.68. The minimum atomic E-state index is -0.662. The normalized spacial score (nSPS) is 10.8. The van der Waals surface area contributed by atoms with Crippen molar-refractivity contribution in [2.75, 3.05) is 12.4 Å². The fourth-order valence-electron chi connectivity index (χ4n) is 3.21. The summed E-state index contributed by atoms with van der Waals surface area (Å²) in [7, 11) is 1.50. The summed E-state index contributed by atoms with van der Waals surface area (Å²) < 4.78 is 20.1. The van der Waals surface area contributed by atoms with Crippen LogP contribution < -0.4 is 15.5 Å². The van der Waals surface area contributed by atoms with Gasteiger partial charge in [0.2, 0.25) is 5.43 Å². The first kappa shape index (κ1) is 19.3. The van der Waals surface area contributed by atoms with Crippen LogP contribution in [0.25, 0.3) is 16.6 Å². The molecule has 150 valence electrons. The molecular formula is C23H18FN3O3. The number of aryl methyl sites for hydroxylation is 1. The van der Waals surface area contributed by atoms with Crippen molar-refractivity contribution in [2.24, 2.45) is 0 Å². The lowest BCUT2D eigenvalue weighted by Gasteiger charge is -2.13. The molecule has 0 aliphatic carbocycles. The van der Waals surface area contributed by atoms with Crippen molar-refractivity contribution in [3.63, 3.8) is 0 Å². The highest BCUT2D eigenvalue weighted by molar-refractivity contribution is 6.05. The number of carbonyl (C=O) groups excluding carboxylic acids is 1. The van der Waals surface area contributed by atoms with Gasteiger partial charge in [0.15, 0.2) is 5.69 Å². The maximum absolute atomic E-state index is 13.4. The highest BCUT2D eigenvalue weighted by Crippen LogP contribution is 2.25. The van der Waals surface area contributed by atoms with Gasteiger partial charge in [-0.25, -0.2) is 9.07 Å². The van der Waals surface area contributed by atoms with Crippen molar-refractivity contribution >= 4 is 22.5 Å². The Kier molecular flexibility index (Phi) is 5.02. The zero-order chi connectivity index (χ0) is 21.3. The Labute approximate surface area is 171 Å². The van der Waals surface area contributed by atoms with E-state index < -0.39 is 17.2 Å². The van der Waals surface area contributed by atoms with E-state index in [1.807, 2.05) is 13.0 Å². The molecule has 1 amide bonds. The van der Waals surface area contributed by atoms with Gasteiger partial charge in [-0.05, 0) is 61.0 Å². The average molecular weight is 403 g/mol. The number of hydrogen-bond acceptors (Lipinski definition) is 4. The summed E-state index contributed by atoms with van der Waals surface area (Å²) in [6.07, 6.45) is 0. The highest BCUT2D eigenvalue weighted by atomic mass is 19.1. The predicted octanol–water partition coefficient (Wildman–Crippen LogP) is 4.09. The molecule has 4 aromatic rings. The lowest BCUT2D eigenvalue weighted by Crippen LogP contribution is -2.27. The number of rotatable bonds is 4. The summed E-state index contributed by atoms with van der Waals surface area (Å²) in [4.78, 5) is 26.0. The molecular weight excluding hydrogens is 385 g/mol. The van der Waals surface area contributed by atoms with Gasteiger partial charge in [0.1, 0.15) is 11.6 Å². The van der Waals surface area contributed by atoms with Gasteiger partial charge in [0, 0.05) is 0 Å². The summed E-state index contributed by atoms with van der Waals surface area (Å²) in [5.74, 6) is -0.590. The molecule has 0 spiro atoms. The lowest BCUT2D eigenvalue weighted by molar-refractivity contribution is 0.101. The molecule has 0 radical (unpaired) electrons. The van der Waals surface area contributed by atoms with E-state index in [1.54, 1.807) is 36.4 Å². The molecule has 0 bridgehead atoms. The first-order valence-corrected chi connectivity index (χ1v) is 9.22. The maximum atomic E-state index is 13.4. The second kappa shape index (κ2) is 7.79. The van der Waals surface area contributed by atoms with Gasteiger partial charge < -0.3 is 10.1 Å². The smallest absolute Gasteiger partial charge is 0.280 e. The molecule has 0 saturated carbocycles. The largest absolute Gasteiger partial charge is 0.495 e. The maximum Gasteiger partial charge on any atom is 0.280 e. The number of amides is 1. The fourth-order valence-corrected chi connectivity index (χ4v) is 3.21. The Balaban J connectivity index is 1.86. The number of halogens is 1. The van der Waals surface area contributed by atoms with Crippen LogP contribution in [0, 0.1) is 12.7 Å². The second-order valence-corrected chi connectivity index (χ2v) is 6.74. The molecule has 0 aliphatic rings.